The third-order valence-electron chi connectivity index (χ3n) is 3.38. The summed E-state index contributed by atoms with van der Waals surface area (Å²) in [5, 5.41) is 0.0234. The normalized spacial score (nSPS) is 22.8. The quantitative estimate of drug-likeness (QED) is 0.829. The van der Waals surface area contributed by atoms with Gasteiger partial charge in [-0.3, -0.25) is 4.79 Å². The molecule has 1 fully saturated rings. The first-order chi connectivity index (χ1) is 9.27. The highest BCUT2D eigenvalue weighted by Crippen LogP contribution is 2.49. The van der Waals surface area contributed by atoms with Crippen molar-refractivity contribution in [1.29, 1.82) is 0 Å². The lowest BCUT2D eigenvalue weighted by molar-refractivity contribution is -0.128. The molecule has 1 saturated heterocycles. The monoisotopic (exact) mass is 269 g/mol. The van der Waals surface area contributed by atoms with Gasteiger partial charge in [0.2, 0.25) is 5.91 Å². The van der Waals surface area contributed by atoms with E-state index >= 15 is 0 Å². The molecular formula is C16H15NOS. The maximum absolute atomic E-state index is 12.4. The molecule has 2 atom stereocenters. The van der Waals surface area contributed by atoms with Crippen LogP contribution in [0.3, 0.4) is 0 Å². The number of amides is 1. The van der Waals surface area contributed by atoms with Crippen molar-refractivity contribution in [1.82, 2.24) is 4.90 Å². The van der Waals surface area contributed by atoms with Gasteiger partial charge in [-0.05, 0) is 11.1 Å². The second-order valence-electron chi connectivity index (χ2n) is 4.64. The van der Waals surface area contributed by atoms with Crippen LogP contribution in [0.2, 0.25) is 0 Å². The Balaban J connectivity index is 1.90. The highest BCUT2D eigenvalue weighted by Gasteiger charge is 2.39. The predicted octanol–water partition coefficient (Wildman–Crippen LogP) is 3.63. The molecule has 0 unspecified atom stereocenters. The van der Waals surface area contributed by atoms with E-state index in [2.05, 4.69) is 12.1 Å². The number of rotatable bonds is 2. The number of benzene rings is 2. The molecule has 3 heteroatoms. The van der Waals surface area contributed by atoms with Gasteiger partial charge in [0, 0.05) is 7.05 Å². The van der Waals surface area contributed by atoms with Gasteiger partial charge in [-0.2, -0.15) is 0 Å². The molecule has 1 aliphatic rings. The fraction of sp³-hybridized carbons (Fsp3) is 0.188. The lowest BCUT2D eigenvalue weighted by Gasteiger charge is -2.18. The summed E-state index contributed by atoms with van der Waals surface area (Å²) in [5.74, 6) is 0.185. The molecule has 1 heterocycles. The van der Waals surface area contributed by atoms with Gasteiger partial charge < -0.3 is 4.90 Å². The summed E-state index contributed by atoms with van der Waals surface area (Å²) in [6.07, 6.45) is 0. The van der Waals surface area contributed by atoms with Crippen LogP contribution < -0.4 is 0 Å². The van der Waals surface area contributed by atoms with Crippen LogP contribution in [-0.2, 0) is 4.79 Å². The third kappa shape index (κ3) is 2.26. The van der Waals surface area contributed by atoms with E-state index < -0.39 is 0 Å². The Morgan fingerprint density at radius 1 is 0.895 bits per heavy atom. The van der Waals surface area contributed by atoms with Crippen LogP contribution in [0.1, 0.15) is 21.8 Å². The van der Waals surface area contributed by atoms with E-state index in [1.807, 2.05) is 60.5 Å². The molecule has 19 heavy (non-hydrogen) atoms. The standard InChI is InChI=1S/C16H15NOS/c1-17-15(18)14(12-8-4-2-5-9-12)19-16(17)13-10-6-3-7-11-13/h2-11,14,16H,1H3/t14-,16+/m1/s1. The van der Waals surface area contributed by atoms with Crippen molar-refractivity contribution in [3.8, 4) is 0 Å². The molecule has 1 aliphatic heterocycles. The van der Waals surface area contributed by atoms with Crippen molar-refractivity contribution >= 4 is 17.7 Å². The van der Waals surface area contributed by atoms with Gasteiger partial charge in [-0.15, -0.1) is 11.8 Å². The Kier molecular flexibility index (Phi) is 3.30. The summed E-state index contributed by atoms with van der Waals surface area (Å²) in [6.45, 7) is 0. The number of carbonyl (C=O) groups excluding carboxylic acids is 1. The molecule has 0 N–H and O–H groups in total. The Morgan fingerprint density at radius 3 is 2.00 bits per heavy atom. The summed E-state index contributed by atoms with van der Waals surface area (Å²) in [5.41, 5.74) is 2.27. The van der Waals surface area contributed by atoms with E-state index in [0.29, 0.717) is 0 Å². The van der Waals surface area contributed by atoms with Crippen molar-refractivity contribution in [3.63, 3.8) is 0 Å². The van der Waals surface area contributed by atoms with Crippen LogP contribution in [0, 0.1) is 0 Å². The molecule has 0 saturated carbocycles. The van der Waals surface area contributed by atoms with Gasteiger partial charge >= 0.3 is 0 Å². The Labute approximate surface area is 117 Å². The van der Waals surface area contributed by atoms with Gasteiger partial charge in [-0.25, -0.2) is 0 Å². The van der Waals surface area contributed by atoms with E-state index in [-0.39, 0.29) is 16.5 Å². The van der Waals surface area contributed by atoms with E-state index in [1.165, 1.54) is 5.56 Å². The summed E-state index contributed by atoms with van der Waals surface area (Å²) in [4.78, 5) is 14.2. The van der Waals surface area contributed by atoms with Gasteiger partial charge in [-0.1, -0.05) is 60.7 Å². The largest absolute Gasteiger partial charge is 0.328 e. The first-order valence-corrected chi connectivity index (χ1v) is 7.23. The van der Waals surface area contributed by atoms with E-state index in [4.69, 9.17) is 0 Å². The number of nitrogens with zero attached hydrogens (tertiary/aromatic N) is 1. The summed E-state index contributed by atoms with van der Waals surface area (Å²) >= 11 is 1.71. The summed E-state index contributed by atoms with van der Waals surface area (Å²) < 4.78 is 0. The van der Waals surface area contributed by atoms with Crippen LogP contribution >= 0.6 is 11.8 Å². The van der Waals surface area contributed by atoms with Gasteiger partial charge in [0.05, 0.1) is 0 Å². The molecule has 3 rings (SSSR count). The molecule has 0 spiro atoms. The molecule has 1 amide bonds. The second-order valence-corrected chi connectivity index (χ2v) is 5.83. The third-order valence-corrected chi connectivity index (χ3v) is 4.97. The van der Waals surface area contributed by atoms with Gasteiger partial charge in [0.25, 0.3) is 0 Å². The highest BCUT2D eigenvalue weighted by atomic mass is 32.2. The van der Waals surface area contributed by atoms with E-state index in [0.717, 1.165) is 5.56 Å². The van der Waals surface area contributed by atoms with Crippen LogP contribution in [0.4, 0.5) is 0 Å². The van der Waals surface area contributed by atoms with Crippen molar-refractivity contribution in [3.05, 3.63) is 71.8 Å². The van der Waals surface area contributed by atoms with Crippen LogP contribution in [0.25, 0.3) is 0 Å². The summed E-state index contributed by atoms with van der Waals surface area (Å²) in [6, 6.07) is 20.2. The fourth-order valence-corrected chi connectivity index (χ4v) is 3.80. The van der Waals surface area contributed by atoms with Crippen molar-refractivity contribution < 1.29 is 4.79 Å². The molecule has 0 bridgehead atoms. The zero-order chi connectivity index (χ0) is 13.2. The van der Waals surface area contributed by atoms with Crippen LogP contribution in [0.5, 0.6) is 0 Å². The first-order valence-electron chi connectivity index (χ1n) is 6.29. The lowest BCUT2D eigenvalue weighted by Crippen LogP contribution is -2.24. The SMILES string of the molecule is CN1C(=O)[C@@H](c2ccccc2)S[C@H]1c1ccccc1. The van der Waals surface area contributed by atoms with Crippen molar-refractivity contribution in [2.24, 2.45) is 0 Å². The average Bonchev–Trinajstić information content (AvgIpc) is 2.77. The number of hydrogen-bond acceptors (Lipinski definition) is 2. The molecule has 0 radical (unpaired) electrons. The Morgan fingerprint density at radius 2 is 1.42 bits per heavy atom. The van der Waals surface area contributed by atoms with Crippen LogP contribution in [0.15, 0.2) is 60.7 Å². The number of hydrogen-bond donors (Lipinski definition) is 0. The lowest BCUT2D eigenvalue weighted by atomic mass is 10.1. The molecule has 0 aromatic heterocycles. The Hall–Kier alpha value is -1.74. The molecule has 2 aromatic carbocycles. The van der Waals surface area contributed by atoms with Crippen molar-refractivity contribution in [2.75, 3.05) is 7.05 Å². The van der Waals surface area contributed by atoms with E-state index in [1.54, 1.807) is 11.8 Å². The summed E-state index contributed by atoms with van der Waals surface area (Å²) in [7, 11) is 1.88. The number of carbonyl (C=O) groups is 1. The average molecular weight is 269 g/mol. The topological polar surface area (TPSA) is 20.3 Å². The van der Waals surface area contributed by atoms with Crippen LogP contribution in [-0.4, -0.2) is 17.9 Å². The molecular weight excluding hydrogens is 254 g/mol. The maximum Gasteiger partial charge on any atom is 0.241 e. The van der Waals surface area contributed by atoms with Gasteiger partial charge in [0.15, 0.2) is 0 Å². The van der Waals surface area contributed by atoms with Crippen molar-refractivity contribution in [2.45, 2.75) is 10.6 Å². The maximum atomic E-state index is 12.4. The zero-order valence-electron chi connectivity index (χ0n) is 10.7. The van der Waals surface area contributed by atoms with Gasteiger partial charge in [0.1, 0.15) is 10.6 Å². The molecule has 96 valence electrons. The fourth-order valence-electron chi connectivity index (χ4n) is 2.35. The molecule has 2 aromatic rings. The zero-order valence-corrected chi connectivity index (χ0v) is 11.5. The minimum absolute atomic E-state index is 0.0867. The number of likely N-dealkylation sites (N-methyl/N-ethyl adjacent to an activating group) is 1. The smallest absolute Gasteiger partial charge is 0.241 e. The minimum atomic E-state index is -0.0867. The molecule has 0 aliphatic carbocycles. The molecule has 2 nitrogen and oxygen atoms in total. The van der Waals surface area contributed by atoms with E-state index in [9.17, 15) is 4.79 Å². The Bertz CT molecular complexity index is 570. The predicted molar refractivity (Wildman–Crippen MR) is 78.7 cm³/mol. The second kappa shape index (κ2) is 5.10. The number of thioether (sulfide) groups is 1. The first kappa shape index (κ1) is 12.3. The highest BCUT2D eigenvalue weighted by molar-refractivity contribution is 8.00. The minimum Gasteiger partial charge on any atom is -0.328 e.